The van der Waals surface area contributed by atoms with Gasteiger partial charge in [0.05, 0.1) is 0 Å². The second-order valence-electron chi connectivity index (χ2n) is 5.41. The summed E-state index contributed by atoms with van der Waals surface area (Å²) in [5.41, 5.74) is 0. The van der Waals surface area contributed by atoms with Crippen LogP contribution in [0.4, 0.5) is 0 Å². The average Bonchev–Trinajstić information content (AvgIpc) is 2.80. The summed E-state index contributed by atoms with van der Waals surface area (Å²) in [4.78, 5) is 11.7. The highest BCUT2D eigenvalue weighted by Crippen LogP contribution is 2.13. The van der Waals surface area contributed by atoms with Gasteiger partial charge in [-0.2, -0.15) is 0 Å². The average molecular weight is 239 g/mol. The summed E-state index contributed by atoms with van der Waals surface area (Å²) >= 11 is 0. The molecule has 1 rings (SSSR count). The van der Waals surface area contributed by atoms with E-state index in [0.29, 0.717) is 11.8 Å². The first-order chi connectivity index (χ1) is 8.33. The lowest BCUT2D eigenvalue weighted by Gasteiger charge is -2.08. The van der Waals surface area contributed by atoms with E-state index in [2.05, 4.69) is 12.2 Å². The fourth-order valence-electron chi connectivity index (χ4n) is 2.59. The van der Waals surface area contributed by atoms with Crippen molar-refractivity contribution in [3.8, 4) is 0 Å². The molecule has 2 heteroatoms. The number of nitrogens with one attached hydrogen (secondary N) is 1. The van der Waals surface area contributed by atoms with Crippen LogP contribution in [0.1, 0.15) is 77.6 Å². The van der Waals surface area contributed by atoms with Crippen LogP contribution in [-0.4, -0.2) is 18.4 Å². The van der Waals surface area contributed by atoms with Gasteiger partial charge >= 0.3 is 0 Å². The minimum Gasteiger partial charge on any atom is -0.314 e. The standard InChI is InChI=1S/C15H29NO/c1-2-3-4-5-6-7-8-11-15(17)13-14-10-9-12-16-14/h14,16H,2-13H2,1H3. The first kappa shape index (κ1) is 14.7. The number of carbonyl (C=O) groups excluding carboxylic acids is 1. The second kappa shape index (κ2) is 9.64. The fourth-order valence-corrected chi connectivity index (χ4v) is 2.59. The first-order valence-corrected chi connectivity index (χ1v) is 7.58. The number of ketones is 1. The Morgan fingerprint density at radius 2 is 1.82 bits per heavy atom. The predicted molar refractivity (Wildman–Crippen MR) is 73.3 cm³/mol. The third-order valence-electron chi connectivity index (χ3n) is 3.70. The molecule has 0 aromatic rings. The maximum Gasteiger partial charge on any atom is 0.134 e. The number of Topliss-reactive ketones (excluding diaryl/α,β-unsaturated/α-hetero) is 1. The molecule has 1 atom stereocenters. The van der Waals surface area contributed by atoms with E-state index in [-0.39, 0.29) is 0 Å². The normalized spacial score (nSPS) is 19.7. The predicted octanol–water partition coefficient (Wildman–Crippen LogP) is 3.84. The second-order valence-corrected chi connectivity index (χ2v) is 5.41. The van der Waals surface area contributed by atoms with Gasteiger partial charge in [0.25, 0.3) is 0 Å². The molecule has 1 fully saturated rings. The van der Waals surface area contributed by atoms with Gasteiger partial charge in [0.2, 0.25) is 0 Å². The van der Waals surface area contributed by atoms with Crippen molar-refractivity contribution in [2.24, 2.45) is 0 Å². The Morgan fingerprint density at radius 1 is 1.12 bits per heavy atom. The zero-order chi connectivity index (χ0) is 12.3. The first-order valence-electron chi connectivity index (χ1n) is 7.58. The van der Waals surface area contributed by atoms with Gasteiger partial charge in [-0.25, -0.2) is 0 Å². The van der Waals surface area contributed by atoms with Crippen LogP contribution in [-0.2, 0) is 4.79 Å². The fraction of sp³-hybridized carbons (Fsp3) is 0.933. The van der Waals surface area contributed by atoms with Gasteiger partial charge in [-0.05, 0) is 25.8 Å². The van der Waals surface area contributed by atoms with E-state index >= 15 is 0 Å². The van der Waals surface area contributed by atoms with Gasteiger partial charge in [-0.1, -0.05) is 45.4 Å². The molecule has 0 amide bonds. The van der Waals surface area contributed by atoms with Crippen LogP contribution in [0.2, 0.25) is 0 Å². The Labute approximate surface area is 107 Å². The zero-order valence-electron chi connectivity index (χ0n) is 11.5. The molecule has 1 unspecified atom stereocenters. The monoisotopic (exact) mass is 239 g/mol. The van der Waals surface area contributed by atoms with Crippen molar-refractivity contribution in [3.63, 3.8) is 0 Å². The summed E-state index contributed by atoms with van der Waals surface area (Å²) in [6.07, 6.45) is 13.1. The minimum absolute atomic E-state index is 0.470. The highest BCUT2D eigenvalue weighted by Gasteiger charge is 2.16. The van der Waals surface area contributed by atoms with Crippen LogP contribution in [0.3, 0.4) is 0 Å². The van der Waals surface area contributed by atoms with Gasteiger partial charge in [0.15, 0.2) is 0 Å². The van der Waals surface area contributed by atoms with Crippen molar-refractivity contribution in [1.29, 1.82) is 0 Å². The topological polar surface area (TPSA) is 29.1 Å². The van der Waals surface area contributed by atoms with Crippen LogP contribution >= 0.6 is 0 Å². The molecule has 1 aliphatic rings. The zero-order valence-corrected chi connectivity index (χ0v) is 11.5. The van der Waals surface area contributed by atoms with Crippen LogP contribution in [0.5, 0.6) is 0 Å². The van der Waals surface area contributed by atoms with E-state index in [1.165, 1.54) is 51.4 Å². The van der Waals surface area contributed by atoms with Crippen molar-refractivity contribution in [2.75, 3.05) is 6.54 Å². The summed E-state index contributed by atoms with van der Waals surface area (Å²) in [7, 11) is 0. The minimum atomic E-state index is 0.470. The molecular formula is C15H29NO. The third kappa shape index (κ3) is 7.54. The lowest BCUT2D eigenvalue weighted by Crippen LogP contribution is -2.24. The van der Waals surface area contributed by atoms with E-state index in [1.54, 1.807) is 0 Å². The van der Waals surface area contributed by atoms with E-state index in [9.17, 15) is 4.79 Å². The molecule has 0 bridgehead atoms. The molecule has 1 N–H and O–H groups in total. The molecule has 0 aromatic carbocycles. The summed E-state index contributed by atoms with van der Waals surface area (Å²) in [5, 5.41) is 3.39. The quantitative estimate of drug-likeness (QED) is 0.587. The number of hydrogen-bond donors (Lipinski definition) is 1. The van der Waals surface area contributed by atoms with E-state index in [1.807, 2.05) is 0 Å². The lowest BCUT2D eigenvalue weighted by molar-refractivity contribution is -0.119. The maximum atomic E-state index is 11.7. The Morgan fingerprint density at radius 3 is 2.47 bits per heavy atom. The molecule has 1 aliphatic heterocycles. The molecule has 0 spiro atoms. The number of hydrogen-bond acceptors (Lipinski definition) is 2. The summed E-state index contributed by atoms with van der Waals surface area (Å²) < 4.78 is 0. The molecule has 1 saturated heterocycles. The Bertz CT molecular complexity index is 197. The highest BCUT2D eigenvalue weighted by molar-refractivity contribution is 5.78. The molecule has 17 heavy (non-hydrogen) atoms. The molecule has 0 radical (unpaired) electrons. The summed E-state index contributed by atoms with van der Waals surface area (Å²) in [6.45, 7) is 3.35. The van der Waals surface area contributed by atoms with Crippen molar-refractivity contribution in [1.82, 2.24) is 5.32 Å². The van der Waals surface area contributed by atoms with Crippen LogP contribution < -0.4 is 5.32 Å². The van der Waals surface area contributed by atoms with Crippen molar-refractivity contribution in [3.05, 3.63) is 0 Å². The van der Waals surface area contributed by atoms with Crippen molar-refractivity contribution < 1.29 is 4.79 Å². The number of rotatable bonds is 10. The Balaban J connectivity index is 1.86. The molecule has 2 nitrogen and oxygen atoms in total. The highest BCUT2D eigenvalue weighted by atomic mass is 16.1. The number of carbonyl (C=O) groups is 1. The lowest BCUT2D eigenvalue weighted by atomic mass is 10.0. The van der Waals surface area contributed by atoms with Gasteiger partial charge < -0.3 is 5.32 Å². The smallest absolute Gasteiger partial charge is 0.134 e. The maximum absolute atomic E-state index is 11.7. The van der Waals surface area contributed by atoms with Gasteiger partial charge in [-0.15, -0.1) is 0 Å². The molecule has 0 aromatic heterocycles. The number of unbranched alkanes of at least 4 members (excludes halogenated alkanes) is 6. The van der Waals surface area contributed by atoms with Crippen molar-refractivity contribution in [2.45, 2.75) is 83.6 Å². The summed E-state index contributed by atoms with van der Waals surface area (Å²) in [6, 6.07) is 0.493. The molecule has 1 heterocycles. The van der Waals surface area contributed by atoms with Crippen LogP contribution in [0.25, 0.3) is 0 Å². The SMILES string of the molecule is CCCCCCCCCC(=O)CC1CCCN1. The Kier molecular flexibility index (Phi) is 8.33. The van der Waals surface area contributed by atoms with Gasteiger partial charge in [0.1, 0.15) is 5.78 Å². The molecule has 0 aliphatic carbocycles. The molecule has 0 saturated carbocycles. The molecule has 100 valence electrons. The van der Waals surface area contributed by atoms with E-state index in [0.717, 1.165) is 25.8 Å². The van der Waals surface area contributed by atoms with Crippen LogP contribution in [0, 0.1) is 0 Å². The Hall–Kier alpha value is -0.370. The van der Waals surface area contributed by atoms with E-state index in [4.69, 9.17) is 0 Å². The van der Waals surface area contributed by atoms with Gasteiger partial charge in [-0.3, -0.25) is 4.79 Å². The van der Waals surface area contributed by atoms with Gasteiger partial charge in [0, 0.05) is 18.9 Å². The third-order valence-corrected chi connectivity index (χ3v) is 3.70. The van der Waals surface area contributed by atoms with Crippen LogP contribution in [0.15, 0.2) is 0 Å². The van der Waals surface area contributed by atoms with E-state index < -0.39 is 0 Å². The largest absolute Gasteiger partial charge is 0.314 e. The van der Waals surface area contributed by atoms with Crippen molar-refractivity contribution >= 4 is 5.78 Å². The molecular weight excluding hydrogens is 210 g/mol. The summed E-state index contributed by atoms with van der Waals surface area (Å²) in [5.74, 6) is 0.470.